The van der Waals surface area contributed by atoms with E-state index in [0.29, 0.717) is 0 Å². The molecule has 1 fully saturated rings. The zero-order valence-electron chi connectivity index (χ0n) is 19.9. The summed E-state index contributed by atoms with van der Waals surface area (Å²) in [7, 11) is 0. The number of rotatable bonds is 4. The fraction of sp³-hybridized carbons (Fsp3) is 0.423. The third-order valence-electron chi connectivity index (χ3n) is 7.50. The summed E-state index contributed by atoms with van der Waals surface area (Å²) in [6.07, 6.45) is -4.97. The monoisotopic (exact) mass is 513 g/mol. The molecule has 0 spiro atoms. The fourth-order valence-corrected chi connectivity index (χ4v) is 5.51. The molecule has 0 amide bonds. The first kappa shape index (κ1) is 25.5. The minimum atomic E-state index is -2.22. The summed E-state index contributed by atoms with van der Waals surface area (Å²) >= 11 is 0. The standard InChI is InChI=1S/C26H27NO10/c1-10-21(30)14(27)6-17(36-10)37-15-8-26(35,16(29)9-28)7-13-18(15)25(34)20-19(24(13)33)22(31)11-4-2-3-5-12(11)23(20)32/h2-5,10,14-15,17,21,28,30,33-35H,6-9,27H2,1H3/t10-,14-,15-,17+,21+,26+/m1/s1. The predicted molar refractivity (Wildman–Crippen MR) is 125 cm³/mol. The normalized spacial score (nSPS) is 30.9. The predicted octanol–water partition coefficient (Wildman–Crippen LogP) is -0.00730. The molecule has 11 nitrogen and oxygen atoms in total. The van der Waals surface area contributed by atoms with Gasteiger partial charge >= 0.3 is 0 Å². The van der Waals surface area contributed by atoms with Gasteiger partial charge in [-0.25, -0.2) is 0 Å². The Morgan fingerprint density at radius 1 is 1.14 bits per heavy atom. The smallest absolute Gasteiger partial charge is 0.198 e. The van der Waals surface area contributed by atoms with Gasteiger partial charge in [-0.3, -0.25) is 14.4 Å². The number of aliphatic hydroxyl groups excluding tert-OH is 2. The van der Waals surface area contributed by atoms with Gasteiger partial charge in [-0.1, -0.05) is 24.3 Å². The van der Waals surface area contributed by atoms with Crippen LogP contribution in [0.5, 0.6) is 11.5 Å². The molecular formula is C26H27NO10. The van der Waals surface area contributed by atoms with E-state index < -0.39 is 95.7 Å². The van der Waals surface area contributed by atoms with Crippen molar-refractivity contribution in [2.24, 2.45) is 5.73 Å². The average molecular weight is 513 g/mol. The number of phenols is 2. The van der Waals surface area contributed by atoms with Gasteiger partial charge in [0.05, 0.1) is 29.4 Å². The van der Waals surface area contributed by atoms with Crippen molar-refractivity contribution in [2.75, 3.05) is 6.61 Å². The van der Waals surface area contributed by atoms with Crippen LogP contribution in [0.15, 0.2) is 24.3 Å². The highest BCUT2D eigenvalue weighted by Crippen LogP contribution is 2.52. The maximum Gasteiger partial charge on any atom is 0.198 e. The van der Waals surface area contributed by atoms with Crippen molar-refractivity contribution in [2.45, 2.75) is 62.4 Å². The summed E-state index contributed by atoms with van der Waals surface area (Å²) in [5.41, 5.74) is 2.78. The summed E-state index contributed by atoms with van der Waals surface area (Å²) in [4.78, 5) is 39.2. The second-order valence-corrected chi connectivity index (χ2v) is 9.82. The van der Waals surface area contributed by atoms with Gasteiger partial charge < -0.3 is 40.7 Å². The molecule has 1 aliphatic heterocycles. The molecule has 0 bridgehead atoms. The number of carbonyl (C=O) groups excluding carboxylic acids is 3. The lowest BCUT2D eigenvalue weighted by Crippen LogP contribution is -2.53. The number of hydrogen-bond donors (Lipinski definition) is 6. The number of ether oxygens (including phenoxy) is 2. The Hall–Kier alpha value is -3.19. The minimum Gasteiger partial charge on any atom is -0.507 e. The molecule has 196 valence electrons. The van der Waals surface area contributed by atoms with Gasteiger partial charge in [0, 0.05) is 47.6 Å². The Labute approximate surface area is 211 Å². The molecule has 11 heteroatoms. The van der Waals surface area contributed by atoms with Gasteiger partial charge in [-0.15, -0.1) is 0 Å². The summed E-state index contributed by atoms with van der Waals surface area (Å²) in [5.74, 6) is -3.63. The summed E-state index contributed by atoms with van der Waals surface area (Å²) in [6.45, 7) is 0.580. The largest absolute Gasteiger partial charge is 0.507 e. The van der Waals surface area contributed by atoms with Crippen molar-refractivity contribution >= 4 is 17.3 Å². The third-order valence-corrected chi connectivity index (χ3v) is 7.50. The van der Waals surface area contributed by atoms with E-state index in [-0.39, 0.29) is 28.7 Å². The molecule has 2 aliphatic carbocycles. The van der Waals surface area contributed by atoms with Crippen LogP contribution in [0.25, 0.3) is 0 Å². The second kappa shape index (κ2) is 8.98. The van der Waals surface area contributed by atoms with Crippen molar-refractivity contribution < 1.29 is 49.4 Å². The van der Waals surface area contributed by atoms with Crippen LogP contribution in [-0.4, -0.2) is 79.6 Å². The van der Waals surface area contributed by atoms with Gasteiger partial charge in [-0.05, 0) is 6.92 Å². The Morgan fingerprint density at radius 3 is 2.30 bits per heavy atom. The maximum atomic E-state index is 13.3. The molecule has 7 N–H and O–H groups in total. The second-order valence-electron chi connectivity index (χ2n) is 9.82. The first-order valence-corrected chi connectivity index (χ1v) is 11.9. The van der Waals surface area contributed by atoms with Gasteiger partial charge in [0.2, 0.25) is 0 Å². The highest BCUT2D eigenvalue weighted by molar-refractivity contribution is 6.30. The van der Waals surface area contributed by atoms with Crippen LogP contribution >= 0.6 is 0 Å². The number of aromatic hydroxyl groups is 2. The van der Waals surface area contributed by atoms with E-state index in [4.69, 9.17) is 15.2 Å². The van der Waals surface area contributed by atoms with Gasteiger partial charge in [-0.2, -0.15) is 0 Å². The molecule has 5 rings (SSSR count). The highest BCUT2D eigenvalue weighted by Gasteiger charge is 2.49. The van der Waals surface area contributed by atoms with E-state index in [1.54, 1.807) is 19.1 Å². The summed E-state index contributed by atoms with van der Waals surface area (Å²) in [5, 5.41) is 53.4. The van der Waals surface area contributed by atoms with Crippen molar-refractivity contribution in [3.63, 3.8) is 0 Å². The number of carbonyl (C=O) groups is 3. The van der Waals surface area contributed by atoms with Crippen LogP contribution < -0.4 is 5.73 Å². The van der Waals surface area contributed by atoms with Crippen LogP contribution in [0, 0.1) is 0 Å². The Bertz CT molecular complexity index is 1310. The SMILES string of the molecule is C[C@H]1O[C@@H](O[C@@H]2C[C@](O)(C(=O)CO)Cc3c(O)c4c(c(O)c32)C(=O)c2ccccc2C4=O)C[C@@H](N)[C@H]1O. The highest BCUT2D eigenvalue weighted by atomic mass is 16.7. The van der Waals surface area contributed by atoms with Gasteiger partial charge in [0.25, 0.3) is 0 Å². The number of fused-ring (bicyclic) bond motifs is 3. The van der Waals surface area contributed by atoms with Crippen molar-refractivity contribution in [3.05, 3.63) is 57.6 Å². The molecule has 6 atom stereocenters. The van der Waals surface area contributed by atoms with Crippen LogP contribution in [0.1, 0.15) is 68.8 Å². The quantitative estimate of drug-likeness (QED) is 0.257. The van der Waals surface area contributed by atoms with Crippen molar-refractivity contribution in [1.29, 1.82) is 0 Å². The number of Topliss-reactive ketones (excluding diaryl/α,β-unsaturated/α-hetero) is 1. The summed E-state index contributed by atoms with van der Waals surface area (Å²) in [6, 6.07) is 5.27. The molecule has 0 aromatic heterocycles. The summed E-state index contributed by atoms with van der Waals surface area (Å²) < 4.78 is 11.7. The zero-order valence-corrected chi connectivity index (χ0v) is 19.9. The number of nitrogens with two attached hydrogens (primary N) is 1. The molecular weight excluding hydrogens is 486 g/mol. The first-order valence-electron chi connectivity index (χ1n) is 11.9. The van der Waals surface area contributed by atoms with Crippen LogP contribution in [0.3, 0.4) is 0 Å². The average Bonchev–Trinajstić information content (AvgIpc) is 2.87. The maximum absolute atomic E-state index is 13.3. The van der Waals surface area contributed by atoms with Crippen molar-refractivity contribution in [1.82, 2.24) is 0 Å². The van der Waals surface area contributed by atoms with Crippen LogP contribution in [0.4, 0.5) is 0 Å². The van der Waals surface area contributed by atoms with E-state index in [1.165, 1.54) is 12.1 Å². The molecule has 2 aromatic rings. The molecule has 0 saturated carbocycles. The minimum absolute atomic E-state index is 0.0339. The lowest BCUT2D eigenvalue weighted by atomic mass is 9.72. The number of aliphatic hydroxyl groups is 3. The molecule has 3 aliphatic rings. The lowest BCUT2D eigenvalue weighted by Gasteiger charge is -2.42. The van der Waals surface area contributed by atoms with E-state index in [1.807, 2.05) is 0 Å². The fourth-order valence-electron chi connectivity index (χ4n) is 5.51. The Morgan fingerprint density at radius 2 is 1.73 bits per heavy atom. The number of hydrogen-bond acceptors (Lipinski definition) is 11. The zero-order chi connectivity index (χ0) is 26.8. The first-order chi connectivity index (χ1) is 17.5. The molecule has 1 heterocycles. The van der Waals surface area contributed by atoms with Gasteiger partial charge in [0.15, 0.2) is 23.6 Å². The Balaban J connectivity index is 1.67. The molecule has 0 unspecified atom stereocenters. The van der Waals surface area contributed by atoms with E-state index >= 15 is 0 Å². The van der Waals surface area contributed by atoms with E-state index in [0.717, 1.165) is 0 Å². The molecule has 1 saturated heterocycles. The van der Waals surface area contributed by atoms with Crippen LogP contribution in [0.2, 0.25) is 0 Å². The topological polar surface area (TPSA) is 197 Å². The molecule has 37 heavy (non-hydrogen) atoms. The lowest BCUT2D eigenvalue weighted by molar-refractivity contribution is -0.247. The van der Waals surface area contributed by atoms with Gasteiger partial charge in [0.1, 0.15) is 23.7 Å². The molecule has 2 aromatic carbocycles. The number of ketones is 3. The Kier molecular flexibility index (Phi) is 6.18. The number of phenolic OH excluding ortho intramolecular Hbond substituents is 2. The van der Waals surface area contributed by atoms with E-state index in [9.17, 15) is 39.9 Å². The van der Waals surface area contributed by atoms with E-state index in [2.05, 4.69) is 0 Å². The van der Waals surface area contributed by atoms with Crippen LogP contribution in [-0.2, 0) is 20.7 Å². The molecule has 0 radical (unpaired) electrons. The number of benzene rings is 2. The third kappa shape index (κ3) is 3.86. The van der Waals surface area contributed by atoms with Crippen molar-refractivity contribution in [3.8, 4) is 11.5 Å².